The van der Waals surface area contributed by atoms with Crippen LogP contribution < -0.4 is 5.32 Å². The van der Waals surface area contributed by atoms with Crippen LogP contribution in [0.3, 0.4) is 0 Å². The van der Waals surface area contributed by atoms with Crippen LogP contribution in [0.2, 0.25) is 0 Å². The van der Waals surface area contributed by atoms with Gasteiger partial charge in [0.1, 0.15) is 0 Å². The highest BCUT2D eigenvalue weighted by atomic mass is 16.5. The first-order valence-corrected chi connectivity index (χ1v) is 9.29. The van der Waals surface area contributed by atoms with Crippen molar-refractivity contribution in [1.82, 2.24) is 10.3 Å². The molecule has 1 aliphatic carbocycles. The van der Waals surface area contributed by atoms with Gasteiger partial charge in [-0.1, -0.05) is 42.5 Å². The zero-order valence-corrected chi connectivity index (χ0v) is 15.2. The van der Waals surface area contributed by atoms with E-state index in [-0.39, 0.29) is 11.9 Å². The number of fused-ring (bicyclic) bond motifs is 2. The average Bonchev–Trinajstić information content (AvgIpc) is 3.12. The molecule has 5 nitrogen and oxygen atoms in total. The van der Waals surface area contributed by atoms with E-state index in [0.29, 0.717) is 5.56 Å². The van der Waals surface area contributed by atoms with Crippen LogP contribution in [0.5, 0.6) is 0 Å². The smallest absolute Gasteiger partial charge is 0.341 e. The Balaban J connectivity index is 1.43. The van der Waals surface area contributed by atoms with Crippen LogP contribution in [0.4, 0.5) is 0 Å². The fourth-order valence-electron chi connectivity index (χ4n) is 3.71. The van der Waals surface area contributed by atoms with E-state index in [0.717, 1.165) is 35.7 Å². The summed E-state index contributed by atoms with van der Waals surface area (Å²) in [5, 5.41) is 3.83. The molecule has 1 aromatic heterocycles. The summed E-state index contributed by atoms with van der Waals surface area (Å²) < 4.78 is 5.42. The quantitative estimate of drug-likeness (QED) is 0.691. The number of para-hydroxylation sites is 1. The van der Waals surface area contributed by atoms with Gasteiger partial charge in [0, 0.05) is 17.1 Å². The number of ether oxygens (including phenoxy) is 1. The Kier molecular flexibility index (Phi) is 4.67. The van der Waals surface area contributed by atoms with Gasteiger partial charge in [-0.25, -0.2) is 4.79 Å². The Hall–Kier alpha value is -3.08. The molecule has 2 N–H and O–H groups in total. The van der Waals surface area contributed by atoms with Gasteiger partial charge in [-0.15, -0.1) is 0 Å². The lowest BCUT2D eigenvalue weighted by molar-refractivity contribution is -0.130. The number of hydrogen-bond acceptors (Lipinski definition) is 3. The number of carbonyl (C=O) groups excluding carboxylic acids is 2. The molecular formula is C22H22N2O3. The Morgan fingerprint density at radius 3 is 2.81 bits per heavy atom. The van der Waals surface area contributed by atoms with E-state index in [9.17, 15) is 9.59 Å². The van der Waals surface area contributed by atoms with Gasteiger partial charge in [-0.05, 0) is 43.4 Å². The van der Waals surface area contributed by atoms with Crippen molar-refractivity contribution in [2.45, 2.75) is 38.3 Å². The molecule has 138 valence electrons. The highest BCUT2D eigenvalue weighted by Gasteiger charge is 2.26. The van der Waals surface area contributed by atoms with Gasteiger partial charge < -0.3 is 15.0 Å². The number of aryl methyl sites for hydroxylation is 1. The molecule has 1 heterocycles. The van der Waals surface area contributed by atoms with E-state index in [1.165, 1.54) is 5.56 Å². The maximum atomic E-state index is 12.6. The van der Waals surface area contributed by atoms with Crippen LogP contribution in [0.25, 0.3) is 10.9 Å². The highest BCUT2D eigenvalue weighted by Crippen LogP contribution is 2.29. The summed E-state index contributed by atoms with van der Waals surface area (Å²) in [7, 11) is 0. The molecule has 0 fully saturated rings. The minimum atomic E-state index is -0.861. The van der Waals surface area contributed by atoms with Crippen molar-refractivity contribution < 1.29 is 14.3 Å². The summed E-state index contributed by atoms with van der Waals surface area (Å²) in [4.78, 5) is 28.1. The first kappa shape index (κ1) is 17.3. The lowest BCUT2D eigenvalue weighted by Crippen LogP contribution is -2.39. The van der Waals surface area contributed by atoms with Crippen molar-refractivity contribution >= 4 is 22.8 Å². The molecule has 0 spiro atoms. The summed E-state index contributed by atoms with van der Waals surface area (Å²) in [5.41, 5.74) is 3.73. The summed E-state index contributed by atoms with van der Waals surface area (Å²) in [5.74, 6) is -0.774. The summed E-state index contributed by atoms with van der Waals surface area (Å²) in [6.07, 6.45) is 3.72. The van der Waals surface area contributed by atoms with Crippen molar-refractivity contribution in [2.24, 2.45) is 0 Å². The van der Waals surface area contributed by atoms with Gasteiger partial charge in [-0.2, -0.15) is 0 Å². The second-order valence-corrected chi connectivity index (χ2v) is 6.95. The molecule has 5 heteroatoms. The molecule has 0 aliphatic heterocycles. The van der Waals surface area contributed by atoms with Crippen molar-refractivity contribution in [3.63, 3.8) is 0 Å². The standard InChI is InChI=1S/C22H22N2O3/c1-14(27-22(26)18-13-23-19-11-5-4-10-17(18)19)21(25)24-20-12-6-8-15-7-2-3-9-16(15)20/h2-5,7,9-11,13-14,20,23H,6,8,12H2,1H3,(H,24,25)/t14-,20+/m0/s1. The topological polar surface area (TPSA) is 71.2 Å². The van der Waals surface area contributed by atoms with E-state index < -0.39 is 12.1 Å². The maximum Gasteiger partial charge on any atom is 0.341 e. The number of aromatic amines is 1. The number of H-pyrrole nitrogens is 1. The predicted octanol–water partition coefficient (Wildman–Crippen LogP) is 3.91. The van der Waals surface area contributed by atoms with Crippen molar-refractivity contribution in [3.8, 4) is 0 Å². The normalized spacial score (nSPS) is 17.1. The molecule has 2 aromatic carbocycles. The number of benzene rings is 2. The Morgan fingerprint density at radius 2 is 1.93 bits per heavy atom. The van der Waals surface area contributed by atoms with Gasteiger partial charge in [0.05, 0.1) is 11.6 Å². The number of hydrogen-bond donors (Lipinski definition) is 2. The van der Waals surface area contributed by atoms with E-state index in [1.54, 1.807) is 13.1 Å². The molecule has 27 heavy (non-hydrogen) atoms. The summed E-state index contributed by atoms with van der Waals surface area (Å²) in [6, 6.07) is 15.6. The van der Waals surface area contributed by atoms with Crippen molar-refractivity contribution in [3.05, 3.63) is 71.4 Å². The minimum Gasteiger partial charge on any atom is -0.449 e. The Bertz CT molecular complexity index is 992. The molecule has 4 rings (SSSR count). The monoisotopic (exact) mass is 362 g/mol. The van der Waals surface area contributed by atoms with Crippen LogP contribution in [0.1, 0.15) is 47.3 Å². The summed E-state index contributed by atoms with van der Waals surface area (Å²) >= 11 is 0. The lowest BCUT2D eigenvalue weighted by Gasteiger charge is -2.27. The third-order valence-electron chi connectivity index (χ3n) is 5.15. The molecule has 0 saturated carbocycles. The molecule has 0 unspecified atom stereocenters. The van der Waals surface area contributed by atoms with Gasteiger partial charge >= 0.3 is 5.97 Å². The molecule has 0 radical (unpaired) electrons. The largest absolute Gasteiger partial charge is 0.449 e. The first-order valence-electron chi connectivity index (χ1n) is 9.29. The number of rotatable bonds is 4. The van der Waals surface area contributed by atoms with E-state index in [1.807, 2.05) is 36.4 Å². The lowest BCUT2D eigenvalue weighted by atomic mass is 9.87. The first-order chi connectivity index (χ1) is 13.1. The van der Waals surface area contributed by atoms with Gasteiger partial charge in [0.15, 0.2) is 6.10 Å². The number of carbonyl (C=O) groups is 2. The van der Waals surface area contributed by atoms with Crippen LogP contribution in [0, 0.1) is 0 Å². The minimum absolute atomic E-state index is 0.0308. The van der Waals surface area contributed by atoms with Crippen LogP contribution in [-0.4, -0.2) is 23.0 Å². The maximum absolute atomic E-state index is 12.6. The number of aromatic nitrogens is 1. The molecule has 0 saturated heterocycles. The third kappa shape index (κ3) is 3.45. The number of nitrogens with one attached hydrogen (secondary N) is 2. The van der Waals surface area contributed by atoms with Crippen LogP contribution in [-0.2, 0) is 16.0 Å². The van der Waals surface area contributed by atoms with Crippen LogP contribution >= 0.6 is 0 Å². The van der Waals surface area contributed by atoms with E-state index in [2.05, 4.69) is 22.4 Å². The fourth-order valence-corrected chi connectivity index (χ4v) is 3.71. The average molecular weight is 362 g/mol. The third-order valence-corrected chi connectivity index (χ3v) is 5.15. The van der Waals surface area contributed by atoms with Gasteiger partial charge in [0.25, 0.3) is 5.91 Å². The van der Waals surface area contributed by atoms with Gasteiger partial charge in [0.2, 0.25) is 0 Å². The zero-order chi connectivity index (χ0) is 18.8. The number of esters is 1. The second kappa shape index (κ2) is 7.27. The Morgan fingerprint density at radius 1 is 1.15 bits per heavy atom. The predicted molar refractivity (Wildman–Crippen MR) is 103 cm³/mol. The van der Waals surface area contributed by atoms with E-state index in [4.69, 9.17) is 4.74 Å². The van der Waals surface area contributed by atoms with Crippen LogP contribution in [0.15, 0.2) is 54.7 Å². The fraction of sp³-hybridized carbons (Fsp3) is 0.273. The molecule has 1 aliphatic rings. The Labute approximate surface area is 157 Å². The highest BCUT2D eigenvalue weighted by molar-refractivity contribution is 6.04. The summed E-state index contributed by atoms with van der Waals surface area (Å²) in [6.45, 7) is 1.61. The molecule has 0 bridgehead atoms. The van der Waals surface area contributed by atoms with Crippen molar-refractivity contribution in [2.75, 3.05) is 0 Å². The van der Waals surface area contributed by atoms with Crippen molar-refractivity contribution in [1.29, 1.82) is 0 Å². The second-order valence-electron chi connectivity index (χ2n) is 6.95. The SMILES string of the molecule is C[C@H](OC(=O)c1c[nH]c2ccccc12)C(=O)N[C@@H]1CCCc2ccccc21. The van der Waals surface area contributed by atoms with Gasteiger partial charge in [-0.3, -0.25) is 4.79 Å². The number of amides is 1. The molecule has 2 atom stereocenters. The molecule has 3 aromatic rings. The zero-order valence-electron chi connectivity index (χ0n) is 15.2. The molecule has 1 amide bonds. The molecular weight excluding hydrogens is 340 g/mol. The van der Waals surface area contributed by atoms with E-state index >= 15 is 0 Å².